The van der Waals surface area contributed by atoms with Crippen molar-refractivity contribution in [3.63, 3.8) is 0 Å². The molecule has 0 saturated heterocycles. The molecule has 3 aromatic rings. The van der Waals surface area contributed by atoms with Gasteiger partial charge in [0.05, 0.1) is 5.56 Å². The molecule has 0 atom stereocenters. The van der Waals surface area contributed by atoms with Crippen molar-refractivity contribution in [3.05, 3.63) is 64.3 Å². The SMILES string of the molecule is CNCc1ccc2c3c([nH]c2c1)C(C)(C)c1cc(OCCN[SH](C)(N)=O)ccc1C3=O. The average Bonchev–Trinajstić information content (AvgIpc) is 3.09. The molecule has 0 fully saturated rings. The summed E-state index contributed by atoms with van der Waals surface area (Å²) in [7, 11) is -0.860. The van der Waals surface area contributed by atoms with Gasteiger partial charge in [0.1, 0.15) is 12.4 Å². The Bertz CT molecular complexity index is 1210. The number of hydrogen-bond donors (Lipinski definition) is 5. The van der Waals surface area contributed by atoms with Crippen LogP contribution in [0.4, 0.5) is 0 Å². The number of nitrogens with one attached hydrogen (secondary N) is 3. The molecule has 0 bridgehead atoms. The molecule has 0 amide bonds. The number of carbonyl (C=O) groups excluding carboxylic acids is 1. The van der Waals surface area contributed by atoms with E-state index < -0.39 is 15.7 Å². The van der Waals surface area contributed by atoms with Gasteiger partial charge < -0.3 is 15.0 Å². The fraction of sp³-hybridized carbons (Fsp3) is 0.348. The lowest BCUT2D eigenvalue weighted by Crippen LogP contribution is -2.39. The summed E-state index contributed by atoms with van der Waals surface area (Å²) in [6.45, 7) is 5.71. The molecule has 4 rings (SSSR count). The van der Waals surface area contributed by atoms with E-state index in [0.717, 1.165) is 39.8 Å². The van der Waals surface area contributed by atoms with Crippen LogP contribution >= 0.6 is 0 Å². The molecule has 0 unspecified atom stereocenters. The number of H-pyrrole nitrogens is 1. The number of fused-ring (bicyclic) bond motifs is 4. The van der Waals surface area contributed by atoms with E-state index in [1.165, 1.54) is 6.26 Å². The number of rotatable bonds is 7. The van der Waals surface area contributed by atoms with Crippen molar-refractivity contribution < 1.29 is 13.7 Å². The number of benzene rings is 2. The van der Waals surface area contributed by atoms with Crippen LogP contribution in [0.2, 0.25) is 0 Å². The first kappa shape index (κ1) is 21.7. The molecule has 0 spiro atoms. The zero-order chi connectivity index (χ0) is 22.4. The minimum atomic E-state index is -2.78. The molecular weight excluding hydrogens is 412 g/mol. The van der Waals surface area contributed by atoms with Crippen LogP contribution in [-0.4, -0.2) is 41.4 Å². The average molecular weight is 443 g/mol. The van der Waals surface area contributed by atoms with Crippen molar-refractivity contribution in [2.24, 2.45) is 5.14 Å². The Morgan fingerprint density at radius 2 is 1.97 bits per heavy atom. The van der Waals surface area contributed by atoms with Gasteiger partial charge in [-0.1, -0.05) is 26.0 Å². The van der Waals surface area contributed by atoms with Crippen molar-refractivity contribution in [1.29, 1.82) is 0 Å². The van der Waals surface area contributed by atoms with Crippen molar-refractivity contribution in [2.45, 2.75) is 25.8 Å². The molecule has 0 saturated carbocycles. The van der Waals surface area contributed by atoms with Gasteiger partial charge in [0.25, 0.3) is 0 Å². The van der Waals surface area contributed by atoms with E-state index in [1.54, 1.807) is 0 Å². The van der Waals surface area contributed by atoms with E-state index in [1.807, 2.05) is 31.3 Å². The summed E-state index contributed by atoms with van der Waals surface area (Å²) < 4.78 is 20.1. The highest BCUT2D eigenvalue weighted by molar-refractivity contribution is 7.98. The van der Waals surface area contributed by atoms with Gasteiger partial charge in [-0.05, 0) is 52.7 Å². The van der Waals surface area contributed by atoms with Crippen LogP contribution in [0.25, 0.3) is 10.9 Å². The zero-order valence-corrected chi connectivity index (χ0v) is 19.2. The smallest absolute Gasteiger partial charge is 0.195 e. The van der Waals surface area contributed by atoms with Gasteiger partial charge in [0.2, 0.25) is 0 Å². The molecule has 1 aliphatic rings. The van der Waals surface area contributed by atoms with E-state index >= 15 is 0 Å². The second kappa shape index (κ2) is 7.87. The number of carbonyl (C=O) groups is 1. The number of aromatic nitrogens is 1. The fourth-order valence-corrected chi connectivity index (χ4v) is 4.83. The summed E-state index contributed by atoms with van der Waals surface area (Å²) in [5.74, 6) is 0.695. The summed E-state index contributed by atoms with van der Waals surface area (Å²) in [5.41, 5.74) is 5.05. The normalized spacial score (nSPS) is 15.6. The fourth-order valence-electron chi connectivity index (χ4n) is 4.30. The molecule has 5 N–H and O–H groups in total. The lowest BCUT2D eigenvalue weighted by atomic mass is 9.71. The molecule has 7 nitrogen and oxygen atoms in total. The lowest BCUT2D eigenvalue weighted by molar-refractivity contribution is 0.103. The predicted octanol–water partition coefficient (Wildman–Crippen LogP) is 2.16. The maximum Gasteiger partial charge on any atom is 0.195 e. The number of thiol groups is 1. The minimum absolute atomic E-state index is 0.0280. The second-order valence-corrected chi connectivity index (χ2v) is 11.0. The largest absolute Gasteiger partial charge is 0.492 e. The van der Waals surface area contributed by atoms with E-state index in [9.17, 15) is 9.00 Å². The zero-order valence-electron chi connectivity index (χ0n) is 18.3. The Morgan fingerprint density at radius 3 is 2.68 bits per heavy atom. The number of hydrogen-bond acceptors (Lipinski definition) is 4. The summed E-state index contributed by atoms with van der Waals surface area (Å²) >= 11 is 0. The molecule has 0 radical (unpaired) electrons. The van der Waals surface area contributed by atoms with Crippen LogP contribution in [0, 0.1) is 0 Å². The van der Waals surface area contributed by atoms with E-state index in [0.29, 0.717) is 24.5 Å². The Kier molecular flexibility index (Phi) is 5.51. The highest BCUT2D eigenvalue weighted by Gasteiger charge is 2.39. The Balaban J connectivity index is 1.68. The number of nitrogens with two attached hydrogens (primary N) is 1. The first-order chi connectivity index (χ1) is 14.6. The van der Waals surface area contributed by atoms with Crippen LogP contribution < -0.4 is 19.9 Å². The van der Waals surface area contributed by atoms with Gasteiger partial charge in [-0.2, -0.15) is 0 Å². The predicted molar refractivity (Wildman–Crippen MR) is 126 cm³/mol. The van der Waals surface area contributed by atoms with Gasteiger partial charge in [-0.15, -0.1) is 0 Å². The van der Waals surface area contributed by atoms with E-state index in [-0.39, 0.29) is 5.78 Å². The third-order valence-corrected chi connectivity index (χ3v) is 6.65. The second-order valence-electron chi connectivity index (χ2n) is 8.69. The molecule has 1 heterocycles. The molecule has 31 heavy (non-hydrogen) atoms. The molecule has 2 aromatic carbocycles. The highest BCUT2D eigenvalue weighted by atomic mass is 32.3. The third-order valence-electron chi connectivity index (χ3n) is 5.80. The number of aromatic amines is 1. The molecule has 1 aliphatic carbocycles. The Hall–Kier alpha value is -2.52. The van der Waals surface area contributed by atoms with Crippen molar-refractivity contribution in [3.8, 4) is 5.75 Å². The molecule has 1 aromatic heterocycles. The van der Waals surface area contributed by atoms with Gasteiger partial charge in [0, 0.05) is 46.9 Å². The molecule has 0 aliphatic heterocycles. The lowest BCUT2D eigenvalue weighted by Gasteiger charge is -2.32. The van der Waals surface area contributed by atoms with Crippen LogP contribution in [-0.2, 0) is 22.3 Å². The maximum absolute atomic E-state index is 13.4. The molecule has 166 valence electrons. The monoisotopic (exact) mass is 442 g/mol. The summed E-state index contributed by atoms with van der Waals surface area (Å²) in [6, 6.07) is 11.8. The van der Waals surface area contributed by atoms with Crippen molar-refractivity contribution >= 4 is 27.0 Å². The van der Waals surface area contributed by atoms with E-state index in [4.69, 9.17) is 9.88 Å². The maximum atomic E-state index is 13.4. The standard InChI is InChI=1S/C23H30N4O3S/c1-23(2)18-12-15(30-10-9-26-31(4,24)29)6-8-16(18)21(28)20-17-7-5-14(13-25-3)11-19(17)27-22(20)23/h5-8,11-12,25,27,31H,9-10,13H2,1-4H3,(H3,24,26,29). The van der Waals surface area contributed by atoms with Crippen molar-refractivity contribution in [1.82, 2.24) is 15.0 Å². The van der Waals surface area contributed by atoms with Gasteiger partial charge in [-0.25, -0.2) is 4.72 Å². The minimum Gasteiger partial charge on any atom is -0.492 e. The van der Waals surface area contributed by atoms with Crippen LogP contribution in [0.5, 0.6) is 5.75 Å². The van der Waals surface area contributed by atoms with Crippen LogP contribution in [0.3, 0.4) is 0 Å². The Labute approximate surface area is 183 Å². The van der Waals surface area contributed by atoms with Crippen LogP contribution in [0.15, 0.2) is 36.4 Å². The first-order valence-electron chi connectivity index (χ1n) is 10.3. The third kappa shape index (κ3) is 4.04. The summed E-state index contributed by atoms with van der Waals surface area (Å²) in [5, 5.41) is 9.62. The van der Waals surface area contributed by atoms with Crippen LogP contribution in [0.1, 0.15) is 46.6 Å². The summed E-state index contributed by atoms with van der Waals surface area (Å²) in [4.78, 5) is 17.0. The topological polar surface area (TPSA) is 109 Å². The van der Waals surface area contributed by atoms with Crippen molar-refractivity contribution in [2.75, 3.05) is 26.5 Å². The van der Waals surface area contributed by atoms with E-state index in [2.05, 4.69) is 41.0 Å². The Morgan fingerprint density at radius 1 is 1.19 bits per heavy atom. The van der Waals surface area contributed by atoms with Gasteiger partial charge in [0.15, 0.2) is 5.78 Å². The molecule has 8 heteroatoms. The van der Waals surface area contributed by atoms with Gasteiger partial charge in [-0.3, -0.25) is 14.1 Å². The first-order valence-corrected chi connectivity index (χ1v) is 12.6. The number of ketones is 1. The summed E-state index contributed by atoms with van der Waals surface area (Å²) in [6.07, 6.45) is 1.47. The highest BCUT2D eigenvalue weighted by Crippen LogP contribution is 2.44. The number of ether oxygens (including phenoxy) is 1. The van der Waals surface area contributed by atoms with Gasteiger partial charge >= 0.3 is 0 Å². The quantitative estimate of drug-likeness (QED) is 0.285. The molecular formula is C23H30N4O3S.